The monoisotopic (exact) mass is 436 g/mol. The van der Waals surface area contributed by atoms with Gasteiger partial charge in [0.25, 0.3) is 5.95 Å². The van der Waals surface area contributed by atoms with Crippen LogP contribution in [0.15, 0.2) is 52.7 Å². The molecule has 0 saturated carbocycles. The molecule has 146 valence electrons. The lowest BCUT2D eigenvalue weighted by Crippen LogP contribution is -2.13. The summed E-state index contributed by atoms with van der Waals surface area (Å²) in [5, 5.41) is 14.0. The number of hydrogen-bond acceptors (Lipinski definition) is 7. The summed E-state index contributed by atoms with van der Waals surface area (Å²) in [5.41, 5.74) is 5.57. The Kier molecular flexibility index (Phi) is 6.66. The van der Waals surface area contributed by atoms with E-state index in [4.69, 9.17) is 33.8 Å². The van der Waals surface area contributed by atoms with Gasteiger partial charge in [-0.25, -0.2) is 10.1 Å². The van der Waals surface area contributed by atoms with Gasteiger partial charge in [-0.05, 0) is 54.4 Å². The molecular weight excluding hydrogens is 419 g/mol. The van der Waals surface area contributed by atoms with Crippen molar-refractivity contribution in [3.05, 3.63) is 63.6 Å². The van der Waals surface area contributed by atoms with Gasteiger partial charge in [-0.2, -0.15) is 5.10 Å². The zero-order chi connectivity index (χ0) is 20.1. The maximum absolute atomic E-state index is 6.06. The molecule has 0 radical (unpaired) electrons. The smallest absolute Gasteiger partial charge is 0.264 e. The second kappa shape index (κ2) is 9.18. The number of nitrogens with one attached hydrogen (secondary N) is 1. The van der Waals surface area contributed by atoms with Crippen LogP contribution in [0.1, 0.15) is 18.1 Å². The van der Waals surface area contributed by atoms with Crippen LogP contribution in [-0.4, -0.2) is 27.7 Å². The number of hydrazone groups is 1. The van der Waals surface area contributed by atoms with E-state index in [1.54, 1.807) is 13.2 Å². The number of halogens is 2. The lowest BCUT2D eigenvalue weighted by atomic mass is 10.1. The molecule has 0 fully saturated rings. The number of rotatable bonds is 7. The second-order valence-corrected chi connectivity index (χ2v) is 7.51. The lowest BCUT2D eigenvalue weighted by molar-refractivity contribution is 0.415. The Morgan fingerprint density at radius 3 is 2.61 bits per heavy atom. The van der Waals surface area contributed by atoms with Crippen molar-refractivity contribution in [2.75, 3.05) is 18.4 Å². The second-order valence-electron chi connectivity index (χ2n) is 5.75. The highest BCUT2D eigenvalue weighted by Crippen LogP contribution is 2.27. The van der Waals surface area contributed by atoms with Crippen LogP contribution in [0.4, 0.5) is 5.95 Å². The van der Waals surface area contributed by atoms with Gasteiger partial charge in [0, 0.05) is 5.75 Å². The van der Waals surface area contributed by atoms with E-state index in [1.807, 2.05) is 43.3 Å². The number of ether oxygens (including phenoxy) is 1. The standard InChI is InChI=1S/C18H18Cl2N6OS/c1-11(13-4-6-14(27-2)7-5-13)22-23-17-24-25-18(26(17)21)28-10-12-3-8-15(19)16(20)9-12/h3-9H,10,21H2,1-2H3,(H,23,24)/b22-11+. The number of thioether (sulfide) groups is 1. The number of aromatic nitrogens is 3. The third-order valence-electron chi connectivity index (χ3n) is 3.85. The van der Waals surface area contributed by atoms with Crippen LogP contribution in [-0.2, 0) is 5.75 Å². The van der Waals surface area contributed by atoms with Crippen LogP contribution in [0.5, 0.6) is 5.75 Å². The van der Waals surface area contributed by atoms with Gasteiger partial charge >= 0.3 is 0 Å². The average Bonchev–Trinajstić information content (AvgIpc) is 3.06. The molecule has 0 aliphatic carbocycles. The molecule has 1 heterocycles. The van der Waals surface area contributed by atoms with Crippen molar-refractivity contribution in [1.82, 2.24) is 14.9 Å². The van der Waals surface area contributed by atoms with Crippen molar-refractivity contribution >= 4 is 46.6 Å². The Balaban J connectivity index is 1.64. The molecule has 0 bridgehead atoms. The van der Waals surface area contributed by atoms with Crippen LogP contribution in [0, 0.1) is 0 Å². The first kappa shape index (κ1) is 20.3. The number of nitrogens with two attached hydrogens (primary N) is 1. The molecule has 0 aliphatic heterocycles. The van der Waals surface area contributed by atoms with Gasteiger partial charge in [0.2, 0.25) is 5.16 Å². The molecule has 0 unspecified atom stereocenters. The first-order chi connectivity index (χ1) is 13.5. The van der Waals surface area contributed by atoms with Crippen LogP contribution in [0.3, 0.4) is 0 Å². The minimum atomic E-state index is 0.338. The number of benzene rings is 2. The summed E-state index contributed by atoms with van der Waals surface area (Å²) in [6.07, 6.45) is 0. The van der Waals surface area contributed by atoms with E-state index in [1.165, 1.54) is 16.4 Å². The quantitative estimate of drug-likeness (QED) is 0.246. The van der Waals surface area contributed by atoms with Crippen LogP contribution < -0.4 is 16.0 Å². The van der Waals surface area contributed by atoms with Crippen molar-refractivity contribution in [2.45, 2.75) is 17.8 Å². The molecule has 0 atom stereocenters. The van der Waals surface area contributed by atoms with Crippen molar-refractivity contribution in [3.8, 4) is 5.75 Å². The molecule has 3 rings (SSSR count). The normalized spacial score (nSPS) is 11.5. The summed E-state index contributed by atoms with van der Waals surface area (Å²) in [4.78, 5) is 0. The minimum absolute atomic E-state index is 0.338. The fourth-order valence-electron chi connectivity index (χ4n) is 2.26. The summed E-state index contributed by atoms with van der Waals surface area (Å²) in [6, 6.07) is 13.1. The number of hydrogen-bond donors (Lipinski definition) is 2. The molecule has 0 aliphatic rings. The van der Waals surface area contributed by atoms with Crippen molar-refractivity contribution in [1.29, 1.82) is 0 Å². The van der Waals surface area contributed by atoms with Crippen molar-refractivity contribution in [3.63, 3.8) is 0 Å². The minimum Gasteiger partial charge on any atom is -0.497 e. The summed E-state index contributed by atoms with van der Waals surface area (Å²) in [5.74, 6) is 7.81. The fourth-order valence-corrected chi connectivity index (χ4v) is 3.38. The zero-order valence-corrected chi connectivity index (χ0v) is 17.5. The molecule has 2 aromatic carbocycles. The van der Waals surface area contributed by atoms with Crippen molar-refractivity contribution in [2.24, 2.45) is 5.10 Å². The molecule has 3 aromatic rings. The Morgan fingerprint density at radius 2 is 1.93 bits per heavy atom. The van der Waals surface area contributed by atoms with Crippen LogP contribution in [0.2, 0.25) is 10.0 Å². The average molecular weight is 437 g/mol. The molecule has 7 nitrogen and oxygen atoms in total. The number of methoxy groups -OCH3 is 1. The predicted molar refractivity (Wildman–Crippen MR) is 115 cm³/mol. The first-order valence-corrected chi connectivity index (χ1v) is 9.94. The predicted octanol–water partition coefficient (Wildman–Crippen LogP) is 4.44. The van der Waals surface area contributed by atoms with Gasteiger partial charge in [0.05, 0.1) is 22.9 Å². The van der Waals surface area contributed by atoms with Gasteiger partial charge in [0.1, 0.15) is 5.75 Å². The Morgan fingerprint density at radius 1 is 1.18 bits per heavy atom. The summed E-state index contributed by atoms with van der Waals surface area (Å²) < 4.78 is 6.51. The highest BCUT2D eigenvalue weighted by molar-refractivity contribution is 7.98. The summed E-state index contributed by atoms with van der Waals surface area (Å²) >= 11 is 13.4. The number of nitrogens with zero attached hydrogens (tertiary/aromatic N) is 4. The molecule has 1 aromatic heterocycles. The van der Waals surface area contributed by atoms with Gasteiger partial charge in [-0.1, -0.05) is 41.0 Å². The van der Waals surface area contributed by atoms with E-state index in [0.29, 0.717) is 26.9 Å². The van der Waals surface area contributed by atoms with E-state index in [0.717, 1.165) is 22.6 Å². The van der Waals surface area contributed by atoms with E-state index < -0.39 is 0 Å². The SMILES string of the molecule is COc1ccc(/C(C)=N/Nc2nnc(SCc3ccc(Cl)c(Cl)c3)n2N)cc1. The molecule has 10 heteroatoms. The topological polar surface area (TPSA) is 90.3 Å². The van der Waals surface area contributed by atoms with E-state index >= 15 is 0 Å². The van der Waals surface area contributed by atoms with E-state index in [-0.39, 0.29) is 0 Å². The highest BCUT2D eigenvalue weighted by atomic mass is 35.5. The third kappa shape index (κ3) is 4.89. The molecule has 3 N–H and O–H groups in total. The molecule has 28 heavy (non-hydrogen) atoms. The Labute approximate surface area is 176 Å². The van der Waals surface area contributed by atoms with Gasteiger partial charge in [-0.3, -0.25) is 0 Å². The summed E-state index contributed by atoms with van der Waals surface area (Å²) in [6.45, 7) is 1.88. The molecule has 0 saturated heterocycles. The molecule has 0 spiro atoms. The maximum atomic E-state index is 6.06. The van der Waals surface area contributed by atoms with E-state index in [9.17, 15) is 0 Å². The number of anilines is 1. The molecular formula is C18H18Cl2N6OS. The van der Waals surface area contributed by atoms with Crippen LogP contribution >= 0.6 is 35.0 Å². The highest BCUT2D eigenvalue weighted by Gasteiger charge is 2.11. The van der Waals surface area contributed by atoms with Gasteiger partial charge in [-0.15, -0.1) is 10.2 Å². The third-order valence-corrected chi connectivity index (χ3v) is 5.60. The maximum Gasteiger partial charge on any atom is 0.264 e. The Hall–Kier alpha value is -2.42. The number of nitrogen functional groups attached to an aromatic ring is 1. The van der Waals surface area contributed by atoms with E-state index in [2.05, 4.69) is 20.7 Å². The summed E-state index contributed by atoms with van der Waals surface area (Å²) in [7, 11) is 1.63. The first-order valence-electron chi connectivity index (χ1n) is 8.20. The largest absolute Gasteiger partial charge is 0.497 e. The van der Waals surface area contributed by atoms with Crippen molar-refractivity contribution < 1.29 is 4.74 Å². The Bertz CT molecular complexity index is 990. The molecule has 0 amide bonds. The zero-order valence-electron chi connectivity index (χ0n) is 15.2. The fraction of sp³-hybridized carbons (Fsp3) is 0.167. The van der Waals surface area contributed by atoms with Gasteiger partial charge < -0.3 is 10.6 Å². The lowest BCUT2D eigenvalue weighted by Gasteiger charge is -2.06. The van der Waals surface area contributed by atoms with Crippen LogP contribution in [0.25, 0.3) is 0 Å². The van der Waals surface area contributed by atoms with Gasteiger partial charge in [0.15, 0.2) is 0 Å².